The summed E-state index contributed by atoms with van der Waals surface area (Å²) in [6, 6.07) is 3.64. The van der Waals surface area contributed by atoms with Crippen molar-refractivity contribution < 1.29 is 31.8 Å². The smallest absolute Gasteiger partial charge is 0.419 e. The molecule has 10 nitrogen and oxygen atoms in total. The van der Waals surface area contributed by atoms with E-state index in [2.05, 4.69) is 16.3 Å². The Labute approximate surface area is 282 Å². The van der Waals surface area contributed by atoms with E-state index >= 15 is 0 Å². The fraction of sp³-hybridized carbons (Fsp3) is 0.576. The Hall–Kier alpha value is -3.67. The van der Waals surface area contributed by atoms with E-state index in [4.69, 9.17) is 37.6 Å². The monoisotopic (exact) mass is 691 g/mol. The third kappa shape index (κ3) is 7.18. The van der Waals surface area contributed by atoms with Crippen molar-refractivity contribution in [2.45, 2.75) is 50.6 Å². The molecular formula is C33H38ClF4N7O3. The number of alkyl halides is 3. The molecule has 4 heterocycles. The average molecular weight is 692 g/mol. The molecule has 15 heteroatoms. The molecule has 2 aromatic rings. The fourth-order valence-electron chi connectivity index (χ4n) is 7.06. The summed E-state index contributed by atoms with van der Waals surface area (Å²) in [5.41, 5.74) is 0.313. The number of anilines is 2. The van der Waals surface area contributed by atoms with Crippen LogP contribution in [-0.4, -0.2) is 104 Å². The minimum Gasteiger partial charge on any atom is -0.463 e. The first-order valence-electron chi connectivity index (χ1n) is 16.0. The number of methoxy groups -OCH3 is 1. The highest BCUT2D eigenvalue weighted by molar-refractivity contribution is 6.31. The number of aromatic nitrogens is 2. The topological polar surface area (TPSA) is 78.6 Å². The van der Waals surface area contributed by atoms with Crippen molar-refractivity contribution in [2.24, 2.45) is 5.41 Å². The first-order chi connectivity index (χ1) is 22.9. The van der Waals surface area contributed by atoms with Gasteiger partial charge in [0.05, 0.1) is 41.2 Å². The lowest BCUT2D eigenvalue weighted by atomic mass is 10.0. The van der Waals surface area contributed by atoms with Gasteiger partial charge in [-0.2, -0.15) is 23.1 Å². The molecule has 1 aromatic carbocycles. The lowest BCUT2D eigenvalue weighted by molar-refractivity contribution is -0.137. The van der Waals surface area contributed by atoms with E-state index in [0.29, 0.717) is 31.1 Å². The summed E-state index contributed by atoms with van der Waals surface area (Å²) >= 11 is 6.06. The van der Waals surface area contributed by atoms with Gasteiger partial charge < -0.3 is 29.0 Å². The molecule has 48 heavy (non-hydrogen) atoms. The zero-order chi connectivity index (χ0) is 34.2. The Balaban J connectivity index is 1.29. The number of carbonyl (C=O) groups is 1. The lowest BCUT2D eigenvalue weighted by Crippen LogP contribution is -2.57. The lowest BCUT2D eigenvalue weighted by Gasteiger charge is -2.41. The van der Waals surface area contributed by atoms with Crippen molar-refractivity contribution in [1.82, 2.24) is 19.8 Å². The van der Waals surface area contributed by atoms with E-state index in [0.717, 1.165) is 44.5 Å². The summed E-state index contributed by atoms with van der Waals surface area (Å²) in [6.07, 6.45) is -1.13. The Bertz CT molecular complexity index is 1600. The van der Waals surface area contributed by atoms with E-state index in [1.807, 2.05) is 4.90 Å². The van der Waals surface area contributed by atoms with E-state index in [1.165, 1.54) is 23.1 Å². The Morgan fingerprint density at radius 3 is 2.62 bits per heavy atom. The van der Waals surface area contributed by atoms with Gasteiger partial charge in [-0.25, -0.2) is 11.0 Å². The summed E-state index contributed by atoms with van der Waals surface area (Å²) < 4.78 is 68.0. The van der Waals surface area contributed by atoms with Crippen molar-refractivity contribution in [3.05, 3.63) is 63.9 Å². The van der Waals surface area contributed by atoms with Gasteiger partial charge in [0.25, 0.3) is 5.91 Å². The van der Waals surface area contributed by atoms with Crippen LogP contribution in [0.4, 0.5) is 29.1 Å². The molecule has 0 N–H and O–H groups in total. The number of ether oxygens (including phenoxy) is 2. The number of likely N-dealkylation sites (tertiary alicyclic amines) is 1. The van der Waals surface area contributed by atoms with Gasteiger partial charge in [0, 0.05) is 63.9 Å². The second-order valence-electron chi connectivity index (χ2n) is 13.1. The molecule has 2 saturated heterocycles. The van der Waals surface area contributed by atoms with Crippen molar-refractivity contribution in [3.8, 4) is 6.01 Å². The SMILES string of the molecule is [C-]#[N+]CC1CN(c2nc(OCC3(CN4CCC(OC)C4)CC3)nc3c2CCN(c2cccc(Cl)c2C(F)(F)F)C3)CCN1C(=O)C(=C)F. The second kappa shape index (κ2) is 13.7. The molecule has 1 aromatic heterocycles. The number of fused-ring (bicyclic) bond motifs is 1. The first kappa shape index (κ1) is 34.2. The molecule has 0 spiro atoms. The van der Waals surface area contributed by atoms with Crippen LogP contribution in [0.3, 0.4) is 0 Å². The maximum absolute atomic E-state index is 14.1. The number of nitrogens with zero attached hydrogens (tertiary/aromatic N) is 7. The van der Waals surface area contributed by atoms with Crippen LogP contribution in [0.25, 0.3) is 4.85 Å². The molecule has 0 radical (unpaired) electrons. The molecule has 1 aliphatic carbocycles. The minimum absolute atomic E-state index is 0.0316. The normalized spacial score (nSPS) is 22.3. The van der Waals surface area contributed by atoms with Crippen molar-refractivity contribution in [1.29, 1.82) is 0 Å². The molecule has 3 fully saturated rings. The number of rotatable bonds is 10. The van der Waals surface area contributed by atoms with E-state index in [9.17, 15) is 22.4 Å². The number of amides is 1. The molecule has 0 bridgehead atoms. The number of halogens is 5. The van der Waals surface area contributed by atoms with Crippen LogP contribution in [0.2, 0.25) is 5.02 Å². The summed E-state index contributed by atoms with van der Waals surface area (Å²) in [5.74, 6) is -1.39. The largest absolute Gasteiger partial charge is 0.463 e. The van der Waals surface area contributed by atoms with Crippen LogP contribution in [0.5, 0.6) is 6.01 Å². The summed E-state index contributed by atoms with van der Waals surface area (Å²) in [6.45, 7) is 14.6. The third-order valence-corrected chi connectivity index (χ3v) is 10.1. The Morgan fingerprint density at radius 1 is 1.17 bits per heavy atom. The minimum atomic E-state index is -4.66. The van der Waals surface area contributed by atoms with E-state index in [-0.39, 0.29) is 61.0 Å². The first-order valence-corrected chi connectivity index (χ1v) is 16.4. The summed E-state index contributed by atoms with van der Waals surface area (Å²) in [7, 11) is 1.73. The predicted molar refractivity (Wildman–Crippen MR) is 172 cm³/mol. The van der Waals surface area contributed by atoms with Crippen LogP contribution >= 0.6 is 11.6 Å². The van der Waals surface area contributed by atoms with Crippen molar-refractivity contribution in [3.63, 3.8) is 0 Å². The summed E-state index contributed by atoms with van der Waals surface area (Å²) in [4.78, 5) is 32.8. The molecule has 258 valence electrons. The van der Waals surface area contributed by atoms with Crippen LogP contribution in [0.1, 0.15) is 36.1 Å². The van der Waals surface area contributed by atoms with Gasteiger partial charge in [0.2, 0.25) is 6.54 Å². The average Bonchev–Trinajstić information content (AvgIpc) is 3.67. The van der Waals surface area contributed by atoms with Gasteiger partial charge in [-0.05, 0) is 37.8 Å². The third-order valence-electron chi connectivity index (χ3n) is 9.80. The van der Waals surface area contributed by atoms with Crippen molar-refractivity contribution >= 4 is 29.0 Å². The highest BCUT2D eigenvalue weighted by Gasteiger charge is 2.46. The van der Waals surface area contributed by atoms with Crippen LogP contribution in [0.15, 0.2) is 30.6 Å². The summed E-state index contributed by atoms with van der Waals surface area (Å²) in [5, 5.41) is -0.378. The highest BCUT2D eigenvalue weighted by Crippen LogP contribution is 2.47. The number of hydrogen-bond acceptors (Lipinski definition) is 8. The zero-order valence-corrected chi connectivity index (χ0v) is 27.5. The quantitative estimate of drug-likeness (QED) is 0.196. The number of carbonyl (C=O) groups excluding carboxylic acids is 1. The van der Waals surface area contributed by atoms with Gasteiger partial charge in [-0.1, -0.05) is 24.2 Å². The second-order valence-corrected chi connectivity index (χ2v) is 13.5. The molecule has 1 saturated carbocycles. The fourth-order valence-corrected chi connectivity index (χ4v) is 7.34. The molecule has 1 amide bonds. The highest BCUT2D eigenvalue weighted by atomic mass is 35.5. The van der Waals surface area contributed by atoms with Gasteiger partial charge in [0.1, 0.15) is 11.9 Å². The van der Waals surface area contributed by atoms with Crippen molar-refractivity contribution in [2.75, 3.05) is 75.9 Å². The maximum Gasteiger partial charge on any atom is 0.419 e. The van der Waals surface area contributed by atoms with Crippen LogP contribution in [0, 0.1) is 12.0 Å². The van der Waals surface area contributed by atoms with Gasteiger partial charge in [0.15, 0.2) is 5.83 Å². The number of piperazine rings is 1. The molecule has 2 atom stereocenters. The number of hydrogen-bond donors (Lipinski definition) is 0. The Kier molecular flexibility index (Phi) is 9.75. The van der Waals surface area contributed by atoms with Gasteiger partial charge in [-0.15, -0.1) is 0 Å². The van der Waals surface area contributed by atoms with Crippen LogP contribution < -0.4 is 14.5 Å². The zero-order valence-electron chi connectivity index (χ0n) is 26.7. The Morgan fingerprint density at radius 2 is 1.96 bits per heavy atom. The molecule has 2 unspecified atom stereocenters. The van der Waals surface area contributed by atoms with E-state index < -0.39 is 29.5 Å². The molecule has 4 aliphatic rings. The predicted octanol–water partition coefficient (Wildman–Crippen LogP) is 5.01. The standard InChI is InChI=1S/C33H38ClF4N7O3/c1-21(35)30(46)45-14-13-44(16-22(45)15-39-2)29-24-8-12-43(27-6-4-5-25(34)28(27)33(36,37)38)18-26(24)40-31(41-29)48-20-32(9-10-32)19-42-11-7-23(17-42)47-3/h4-6,22-23H,1,7-20H2,3H3. The van der Waals surface area contributed by atoms with Gasteiger partial charge in [-0.3, -0.25) is 9.69 Å². The molecule has 6 rings (SSSR count). The van der Waals surface area contributed by atoms with Crippen LogP contribution in [-0.2, 0) is 28.7 Å². The van der Waals surface area contributed by atoms with Gasteiger partial charge >= 0.3 is 12.2 Å². The molecule has 3 aliphatic heterocycles. The molecular weight excluding hydrogens is 654 g/mol. The maximum atomic E-state index is 14.1. The van der Waals surface area contributed by atoms with E-state index in [1.54, 1.807) is 12.0 Å². The number of benzene rings is 1.